The summed E-state index contributed by atoms with van der Waals surface area (Å²) in [4.78, 5) is 6.52. The molecule has 25 heavy (non-hydrogen) atoms. The molecule has 6 nitrogen and oxygen atoms in total. The van der Waals surface area contributed by atoms with Crippen LogP contribution in [0.15, 0.2) is 47.7 Å². The summed E-state index contributed by atoms with van der Waals surface area (Å²) < 4.78 is 1.83. The fourth-order valence-electron chi connectivity index (χ4n) is 2.63. The molecule has 0 spiro atoms. The second kappa shape index (κ2) is 10.4. The van der Waals surface area contributed by atoms with Crippen LogP contribution >= 0.6 is 24.0 Å². The number of likely N-dealkylation sites (N-methyl/N-ethyl adjacent to an activating group) is 1. The monoisotopic (exact) mass is 456 g/mol. The Kier molecular flexibility index (Phi) is 8.91. The Bertz CT molecular complexity index is 653. The summed E-state index contributed by atoms with van der Waals surface area (Å²) in [5, 5.41) is 11.1. The third kappa shape index (κ3) is 6.32. The normalized spacial score (nSPS) is 13.9. The maximum Gasteiger partial charge on any atom is 0.191 e. The van der Waals surface area contributed by atoms with Crippen LogP contribution in [0.3, 0.4) is 0 Å². The van der Waals surface area contributed by atoms with E-state index in [2.05, 4.69) is 65.0 Å². The third-order valence-electron chi connectivity index (χ3n) is 4.07. The van der Waals surface area contributed by atoms with Crippen LogP contribution in [0.4, 0.5) is 0 Å². The van der Waals surface area contributed by atoms with Crippen molar-refractivity contribution in [3.05, 3.63) is 53.9 Å². The molecule has 2 unspecified atom stereocenters. The van der Waals surface area contributed by atoms with Gasteiger partial charge in [0.1, 0.15) is 0 Å². The summed E-state index contributed by atoms with van der Waals surface area (Å²) in [6.45, 7) is 2.88. The summed E-state index contributed by atoms with van der Waals surface area (Å²) in [5.41, 5.74) is 2.42. The van der Waals surface area contributed by atoms with Gasteiger partial charge in [0.25, 0.3) is 0 Å². The Balaban J connectivity index is 0.00000312. The van der Waals surface area contributed by atoms with Gasteiger partial charge in [0.15, 0.2) is 5.96 Å². The second-order valence-corrected chi connectivity index (χ2v) is 6.16. The highest BCUT2D eigenvalue weighted by Gasteiger charge is 2.17. The number of aliphatic imine (C=N–C) groups is 1. The first-order chi connectivity index (χ1) is 11.5. The van der Waals surface area contributed by atoms with E-state index in [1.54, 1.807) is 7.05 Å². The fourth-order valence-corrected chi connectivity index (χ4v) is 2.63. The zero-order valence-corrected chi connectivity index (χ0v) is 17.9. The summed E-state index contributed by atoms with van der Waals surface area (Å²) >= 11 is 0. The van der Waals surface area contributed by atoms with Crippen molar-refractivity contribution in [1.29, 1.82) is 0 Å². The van der Waals surface area contributed by atoms with Gasteiger partial charge in [-0.1, -0.05) is 30.3 Å². The average Bonchev–Trinajstić information content (AvgIpc) is 3.00. The first-order valence-corrected chi connectivity index (χ1v) is 8.18. The molecule has 2 N–H and O–H groups in total. The third-order valence-corrected chi connectivity index (χ3v) is 4.07. The van der Waals surface area contributed by atoms with Crippen LogP contribution in [0.5, 0.6) is 0 Å². The lowest BCUT2D eigenvalue weighted by molar-refractivity contribution is 0.298. The van der Waals surface area contributed by atoms with E-state index in [9.17, 15) is 0 Å². The van der Waals surface area contributed by atoms with E-state index in [0.717, 1.165) is 12.5 Å². The van der Waals surface area contributed by atoms with Gasteiger partial charge in [0, 0.05) is 32.4 Å². The lowest BCUT2D eigenvalue weighted by Crippen LogP contribution is -2.42. The highest BCUT2D eigenvalue weighted by molar-refractivity contribution is 14.0. The highest BCUT2D eigenvalue weighted by Crippen LogP contribution is 2.16. The number of aryl methyl sites for hydroxylation is 1. The predicted octanol–water partition coefficient (Wildman–Crippen LogP) is 2.57. The molecule has 1 aromatic carbocycles. The van der Waals surface area contributed by atoms with Gasteiger partial charge in [-0.25, -0.2) is 0 Å². The van der Waals surface area contributed by atoms with Crippen molar-refractivity contribution in [2.45, 2.75) is 19.0 Å². The molecule has 0 aliphatic carbocycles. The molecule has 138 valence electrons. The molecule has 0 fully saturated rings. The van der Waals surface area contributed by atoms with Gasteiger partial charge in [-0.3, -0.25) is 9.67 Å². The molecule has 2 rings (SSSR count). The molecular formula is C18H29IN6. The standard InChI is InChI=1S/C18H28N6.HI/c1-14(15-9-7-6-8-10-15)22-18(19-2)20-12-17(23(3)4)16-11-21-24(5)13-16;/h6-11,13-14,17H,12H2,1-5H3,(H2,19,20,22);1H. The summed E-state index contributed by atoms with van der Waals surface area (Å²) in [6, 6.07) is 10.8. The van der Waals surface area contributed by atoms with Gasteiger partial charge in [-0.15, -0.1) is 24.0 Å². The van der Waals surface area contributed by atoms with Gasteiger partial charge in [-0.2, -0.15) is 5.10 Å². The first-order valence-electron chi connectivity index (χ1n) is 8.18. The Morgan fingerprint density at radius 2 is 1.92 bits per heavy atom. The van der Waals surface area contributed by atoms with E-state index in [-0.39, 0.29) is 36.1 Å². The number of guanidine groups is 1. The fraction of sp³-hybridized carbons (Fsp3) is 0.444. The van der Waals surface area contributed by atoms with Gasteiger partial charge in [-0.05, 0) is 26.6 Å². The van der Waals surface area contributed by atoms with Crippen molar-refractivity contribution in [3.8, 4) is 0 Å². The quantitative estimate of drug-likeness (QED) is 0.399. The molecule has 0 radical (unpaired) electrons. The van der Waals surface area contributed by atoms with Gasteiger partial charge in [0.2, 0.25) is 0 Å². The number of rotatable bonds is 6. The maximum atomic E-state index is 4.34. The number of benzene rings is 1. The number of aromatic nitrogens is 2. The minimum Gasteiger partial charge on any atom is -0.354 e. The van der Waals surface area contributed by atoms with E-state index in [0.29, 0.717) is 0 Å². The molecule has 2 atom stereocenters. The largest absolute Gasteiger partial charge is 0.354 e. The van der Waals surface area contributed by atoms with Crippen LogP contribution < -0.4 is 10.6 Å². The molecule has 1 aromatic heterocycles. The molecule has 0 amide bonds. The number of nitrogens with one attached hydrogen (secondary N) is 2. The molecule has 0 saturated heterocycles. The van der Waals surface area contributed by atoms with Crippen molar-refractivity contribution >= 4 is 29.9 Å². The Hall–Kier alpha value is -1.61. The van der Waals surface area contributed by atoms with Crippen LogP contribution in [-0.4, -0.2) is 48.3 Å². The molecule has 2 aromatic rings. The van der Waals surface area contributed by atoms with Gasteiger partial charge in [0.05, 0.1) is 18.3 Å². The molecule has 0 aliphatic heterocycles. The van der Waals surface area contributed by atoms with Crippen LogP contribution in [0.2, 0.25) is 0 Å². The summed E-state index contributed by atoms with van der Waals surface area (Å²) in [5.74, 6) is 0.794. The van der Waals surface area contributed by atoms with Crippen LogP contribution in [-0.2, 0) is 7.05 Å². The lowest BCUT2D eigenvalue weighted by atomic mass is 10.1. The lowest BCUT2D eigenvalue weighted by Gasteiger charge is -2.25. The number of nitrogens with zero attached hydrogens (tertiary/aromatic N) is 4. The zero-order chi connectivity index (χ0) is 17.5. The Morgan fingerprint density at radius 1 is 1.24 bits per heavy atom. The smallest absolute Gasteiger partial charge is 0.191 e. The second-order valence-electron chi connectivity index (χ2n) is 6.16. The van der Waals surface area contributed by atoms with E-state index < -0.39 is 0 Å². The van der Waals surface area contributed by atoms with E-state index >= 15 is 0 Å². The van der Waals surface area contributed by atoms with E-state index in [1.807, 2.05) is 36.1 Å². The maximum absolute atomic E-state index is 4.34. The average molecular weight is 456 g/mol. The molecular weight excluding hydrogens is 427 g/mol. The predicted molar refractivity (Wildman–Crippen MR) is 114 cm³/mol. The molecule has 0 aliphatic rings. The van der Waals surface area contributed by atoms with Crippen molar-refractivity contribution in [1.82, 2.24) is 25.3 Å². The van der Waals surface area contributed by atoms with Crippen LogP contribution in [0, 0.1) is 0 Å². The van der Waals surface area contributed by atoms with E-state index in [4.69, 9.17) is 0 Å². The van der Waals surface area contributed by atoms with E-state index in [1.165, 1.54) is 11.1 Å². The molecule has 0 bridgehead atoms. The minimum atomic E-state index is 0. The van der Waals surface area contributed by atoms with Crippen molar-refractivity contribution in [2.24, 2.45) is 12.0 Å². The molecule has 0 saturated carbocycles. The highest BCUT2D eigenvalue weighted by atomic mass is 127. The zero-order valence-electron chi connectivity index (χ0n) is 15.6. The SMILES string of the molecule is CN=C(NCC(c1cnn(C)c1)N(C)C)NC(C)c1ccccc1.I. The molecule has 1 heterocycles. The Morgan fingerprint density at radius 3 is 2.44 bits per heavy atom. The topological polar surface area (TPSA) is 57.5 Å². The van der Waals surface area contributed by atoms with Crippen molar-refractivity contribution in [3.63, 3.8) is 0 Å². The van der Waals surface area contributed by atoms with Gasteiger partial charge < -0.3 is 15.5 Å². The summed E-state index contributed by atoms with van der Waals surface area (Å²) in [6.07, 6.45) is 3.96. The number of hydrogen-bond acceptors (Lipinski definition) is 3. The number of hydrogen-bond donors (Lipinski definition) is 2. The first kappa shape index (κ1) is 21.4. The molecule has 7 heteroatoms. The van der Waals surface area contributed by atoms with Crippen molar-refractivity contribution in [2.75, 3.05) is 27.7 Å². The van der Waals surface area contributed by atoms with Crippen LogP contribution in [0.1, 0.15) is 30.1 Å². The van der Waals surface area contributed by atoms with Crippen molar-refractivity contribution < 1.29 is 0 Å². The number of halogens is 1. The summed E-state index contributed by atoms with van der Waals surface area (Å²) in [7, 11) is 7.87. The Labute approximate surface area is 167 Å². The minimum absolute atomic E-state index is 0. The van der Waals surface area contributed by atoms with Crippen LogP contribution in [0.25, 0.3) is 0 Å². The van der Waals surface area contributed by atoms with Gasteiger partial charge >= 0.3 is 0 Å².